The molecule has 4 rings (SSSR count). The zero-order valence-electron chi connectivity index (χ0n) is 32.7. The number of aliphatic hydroxyl groups excluding tert-OH is 1. The Bertz CT molecular complexity index is 1370. The van der Waals surface area contributed by atoms with Crippen molar-refractivity contribution >= 4 is 23.8 Å². The molecule has 4 aliphatic carbocycles. The van der Waals surface area contributed by atoms with E-state index in [4.69, 9.17) is 15.2 Å². The first-order valence-corrected chi connectivity index (χ1v) is 20.2. The van der Waals surface area contributed by atoms with E-state index in [-0.39, 0.29) is 12.2 Å². The van der Waals surface area contributed by atoms with Crippen LogP contribution in [0.3, 0.4) is 0 Å². The summed E-state index contributed by atoms with van der Waals surface area (Å²) in [7, 11) is 0. The number of aliphatic hydroxyl groups is 2. The Balaban J connectivity index is 1.07. The largest absolute Gasteiger partial charge is 0.450 e. The van der Waals surface area contributed by atoms with Gasteiger partial charge in [0.15, 0.2) is 18.1 Å². The van der Waals surface area contributed by atoms with Gasteiger partial charge in [-0.25, -0.2) is 14.0 Å². The van der Waals surface area contributed by atoms with Gasteiger partial charge in [-0.15, -0.1) is 0 Å². The molecule has 0 aromatic heterocycles. The van der Waals surface area contributed by atoms with Gasteiger partial charge in [-0.1, -0.05) is 31.9 Å². The van der Waals surface area contributed by atoms with E-state index in [1.807, 2.05) is 0 Å². The SMILES string of the molecule is C[C@@H]1CC2C3CCC4=CC(=O)C=CC4(C)[C@@]3(F)C(O)CC2(C)[C@@]1(O)C(=O)COC(=O)NCCCCCCOC(=O)NCCCNCCCCNCCCN. The van der Waals surface area contributed by atoms with Gasteiger partial charge in [-0.2, -0.15) is 0 Å². The maximum Gasteiger partial charge on any atom is 0.407 e. The van der Waals surface area contributed by atoms with Crippen molar-refractivity contribution in [2.75, 3.05) is 59.0 Å². The van der Waals surface area contributed by atoms with Crippen molar-refractivity contribution in [3.8, 4) is 0 Å². The van der Waals surface area contributed by atoms with Gasteiger partial charge in [-0.3, -0.25) is 9.59 Å². The van der Waals surface area contributed by atoms with Crippen molar-refractivity contribution in [3.63, 3.8) is 0 Å². The zero-order chi connectivity index (χ0) is 39.4. The van der Waals surface area contributed by atoms with Crippen LogP contribution in [0.15, 0.2) is 23.8 Å². The van der Waals surface area contributed by atoms with Gasteiger partial charge in [0.25, 0.3) is 0 Å². The normalized spacial score (nSPS) is 32.6. The van der Waals surface area contributed by atoms with E-state index in [9.17, 15) is 29.4 Å². The molecule has 0 saturated heterocycles. The van der Waals surface area contributed by atoms with Crippen molar-refractivity contribution in [2.45, 2.75) is 115 Å². The molecule has 0 radical (unpaired) electrons. The average molecular weight is 764 g/mol. The summed E-state index contributed by atoms with van der Waals surface area (Å²) in [5.41, 5.74) is -0.150. The molecule has 2 amide bonds. The fraction of sp³-hybridized carbons (Fsp3) is 0.800. The molecule has 306 valence electrons. The molecule has 8 atom stereocenters. The van der Waals surface area contributed by atoms with Crippen molar-refractivity contribution in [1.82, 2.24) is 21.3 Å². The van der Waals surface area contributed by atoms with Gasteiger partial charge in [0.1, 0.15) is 5.60 Å². The maximum atomic E-state index is 17.4. The van der Waals surface area contributed by atoms with Crippen LogP contribution in [0, 0.1) is 28.6 Å². The van der Waals surface area contributed by atoms with Crippen LogP contribution in [-0.2, 0) is 19.1 Å². The lowest BCUT2D eigenvalue weighted by atomic mass is 9.44. The minimum Gasteiger partial charge on any atom is -0.450 e. The molecule has 54 heavy (non-hydrogen) atoms. The summed E-state index contributed by atoms with van der Waals surface area (Å²) >= 11 is 0. The van der Waals surface area contributed by atoms with Gasteiger partial charge < -0.3 is 46.7 Å². The van der Waals surface area contributed by atoms with E-state index >= 15 is 4.39 Å². The van der Waals surface area contributed by atoms with E-state index in [1.54, 1.807) is 26.8 Å². The Morgan fingerprint density at radius 3 is 2.20 bits per heavy atom. The second-order valence-electron chi connectivity index (χ2n) is 16.3. The summed E-state index contributed by atoms with van der Waals surface area (Å²) in [6.07, 6.45) is 9.85. The molecule has 0 aromatic rings. The van der Waals surface area contributed by atoms with Gasteiger partial charge in [0, 0.05) is 29.8 Å². The van der Waals surface area contributed by atoms with Gasteiger partial charge >= 0.3 is 12.2 Å². The Hall–Kier alpha value is -2.91. The van der Waals surface area contributed by atoms with Crippen LogP contribution in [0.2, 0.25) is 0 Å². The maximum absolute atomic E-state index is 17.4. The Labute approximate surface area is 320 Å². The molecule has 4 aliphatic rings. The average Bonchev–Trinajstić information content (AvgIpc) is 3.34. The smallest absolute Gasteiger partial charge is 0.407 e. The predicted molar refractivity (Wildman–Crippen MR) is 203 cm³/mol. The number of alkyl halides is 1. The molecule has 0 aliphatic heterocycles. The topological polar surface area (TPSA) is 201 Å². The van der Waals surface area contributed by atoms with Crippen molar-refractivity contribution < 1.29 is 43.3 Å². The number of fused-ring (bicyclic) bond motifs is 5. The fourth-order valence-corrected chi connectivity index (χ4v) is 9.80. The number of Topliss-reactive ketones (excluding diaryl/α,β-unsaturated/α-hetero) is 1. The highest BCUT2D eigenvalue weighted by atomic mass is 19.1. The number of carbonyl (C=O) groups is 4. The van der Waals surface area contributed by atoms with E-state index in [0.29, 0.717) is 63.9 Å². The predicted octanol–water partition coefficient (Wildman–Crippen LogP) is 3.61. The first kappa shape index (κ1) is 43.8. The second-order valence-corrected chi connectivity index (χ2v) is 16.3. The number of nitrogens with two attached hydrogens (primary N) is 1. The third-order valence-electron chi connectivity index (χ3n) is 12.9. The molecule has 3 fully saturated rings. The highest BCUT2D eigenvalue weighted by molar-refractivity contribution is 6.01. The minimum atomic E-state index is -2.06. The Morgan fingerprint density at radius 2 is 1.50 bits per heavy atom. The van der Waals surface area contributed by atoms with E-state index in [0.717, 1.165) is 64.7 Å². The van der Waals surface area contributed by atoms with Gasteiger partial charge in [0.2, 0.25) is 5.78 Å². The molecule has 5 unspecified atom stereocenters. The molecule has 3 saturated carbocycles. The number of amides is 2. The molecule has 0 bridgehead atoms. The number of halogens is 1. The summed E-state index contributed by atoms with van der Waals surface area (Å²) < 4.78 is 27.8. The summed E-state index contributed by atoms with van der Waals surface area (Å²) in [6, 6.07) is 0. The summed E-state index contributed by atoms with van der Waals surface area (Å²) in [6.45, 7) is 10.2. The Morgan fingerprint density at radius 1 is 0.889 bits per heavy atom. The van der Waals surface area contributed by atoms with E-state index < -0.39 is 70.5 Å². The monoisotopic (exact) mass is 763 g/mol. The summed E-state index contributed by atoms with van der Waals surface area (Å²) in [5, 5.41) is 35.7. The molecule has 13 nitrogen and oxygen atoms in total. The second kappa shape index (κ2) is 19.8. The summed E-state index contributed by atoms with van der Waals surface area (Å²) in [5.74, 6) is -2.44. The molecule has 8 N–H and O–H groups in total. The van der Waals surface area contributed by atoms with Crippen LogP contribution >= 0.6 is 0 Å². The first-order valence-electron chi connectivity index (χ1n) is 20.2. The van der Waals surface area contributed by atoms with Crippen molar-refractivity contribution in [1.29, 1.82) is 0 Å². The molecule has 14 heteroatoms. The number of ether oxygens (including phenoxy) is 2. The van der Waals surface area contributed by atoms with Crippen LogP contribution in [0.4, 0.5) is 14.0 Å². The fourth-order valence-electron chi connectivity index (χ4n) is 9.80. The highest BCUT2D eigenvalue weighted by Crippen LogP contribution is 2.70. The highest BCUT2D eigenvalue weighted by Gasteiger charge is 2.75. The van der Waals surface area contributed by atoms with Crippen LogP contribution in [-0.4, -0.2) is 110 Å². The van der Waals surface area contributed by atoms with E-state index in [1.165, 1.54) is 12.2 Å². The van der Waals surface area contributed by atoms with Crippen molar-refractivity contribution in [2.24, 2.45) is 34.3 Å². The molecular weight excluding hydrogens is 697 g/mol. The lowest BCUT2D eigenvalue weighted by Crippen LogP contribution is -2.69. The quantitative estimate of drug-likeness (QED) is 0.0795. The number of hydrogen-bond acceptors (Lipinski definition) is 11. The minimum absolute atomic E-state index is 0.142. The lowest BCUT2D eigenvalue weighted by Gasteiger charge is -2.62. The molecule has 0 spiro atoms. The number of allylic oxidation sites excluding steroid dienone is 4. The van der Waals surface area contributed by atoms with Crippen LogP contribution in [0.5, 0.6) is 0 Å². The van der Waals surface area contributed by atoms with Crippen LogP contribution in [0.25, 0.3) is 0 Å². The number of nitrogens with one attached hydrogen (secondary N) is 4. The number of ketones is 2. The third-order valence-corrected chi connectivity index (χ3v) is 12.9. The number of unbranched alkanes of at least 4 members (excludes halogenated alkanes) is 4. The lowest BCUT2D eigenvalue weighted by molar-refractivity contribution is -0.219. The number of alkyl carbamates (subject to hydrolysis) is 2. The molecular formula is C40H66FN5O8. The number of rotatable bonds is 22. The van der Waals surface area contributed by atoms with Crippen molar-refractivity contribution in [3.05, 3.63) is 23.8 Å². The van der Waals surface area contributed by atoms with Crippen LogP contribution in [0.1, 0.15) is 97.8 Å². The summed E-state index contributed by atoms with van der Waals surface area (Å²) in [4.78, 5) is 50.1. The first-order chi connectivity index (χ1) is 25.8. The molecule has 0 heterocycles. The Kier molecular flexibility index (Phi) is 16.1. The van der Waals surface area contributed by atoms with Gasteiger partial charge in [-0.05, 0) is 134 Å². The van der Waals surface area contributed by atoms with Crippen LogP contribution < -0.4 is 27.0 Å². The zero-order valence-corrected chi connectivity index (χ0v) is 32.7. The number of hydrogen-bond donors (Lipinski definition) is 7. The standard InChI is InChI=1S/C40H66FN5O8/c1-28-24-32-31-13-12-29-25-30(47)14-15-37(29,2)39(31,41)33(48)26-38(32,3)40(28,52)34(49)27-54-36(51)45-21-6-4-5-9-23-53-35(50)46-22-11-20-44-18-8-7-17-43-19-10-16-42/h14-15,25,28,31-33,43-44,48,52H,4-13,16-24,26-27,42H2,1-3H3,(H,45,51)(H,46,50)/t28-,31?,32?,33?,37?,38?,39+,40+/m1/s1. The van der Waals surface area contributed by atoms with E-state index in [2.05, 4.69) is 21.3 Å². The third kappa shape index (κ3) is 9.54. The molecule has 0 aromatic carbocycles. The number of carbonyl (C=O) groups excluding carboxylic acids is 4. The van der Waals surface area contributed by atoms with Gasteiger partial charge in [0.05, 0.1) is 12.7 Å².